The summed E-state index contributed by atoms with van der Waals surface area (Å²) in [5.41, 5.74) is 6.43. The fourth-order valence-corrected chi connectivity index (χ4v) is 4.29. The van der Waals surface area contributed by atoms with Gasteiger partial charge in [-0.2, -0.15) is 0 Å². The topological polar surface area (TPSA) is 41.3 Å². The number of hydrogen-bond acceptors (Lipinski definition) is 3. The lowest BCUT2D eigenvalue weighted by molar-refractivity contribution is 0.212. The van der Waals surface area contributed by atoms with Crippen molar-refractivity contribution >= 4 is 0 Å². The molecule has 3 nitrogen and oxygen atoms in total. The third kappa shape index (κ3) is 4.00. The van der Waals surface area contributed by atoms with Crippen LogP contribution < -0.4 is 11.1 Å². The first-order chi connectivity index (χ1) is 10.1. The van der Waals surface area contributed by atoms with Crippen molar-refractivity contribution in [2.24, 2.45) is 23.5 Å². The first-order valence-corrected chi connectivity index (χ1v) is 9.33. The van der Waals surface area contributed by atoms with Gasteiger partial charge < -0.3 is 16.0 Å². The average Bonchev–Trinajstić information content (AvgIpc) is 3.33. The van der Waals surface area contributed by atoms with Crippen LogP contribution in [0.15, 0.2) is 0 Å². The summed E-state index contributed by atoms with van der Waals surface area (Å²) in [4.78, 5) is 2.62. The van der Waals surface area contributed by atoms with Crippen molar-refractivity contribution < 1.29 is 0 Å². The molecule has 1 atom stereocenters. The summed E-state index contributed by atoms with van der Waals surface area (Å²) in [6.07, 6.45) is 9.72. The van der Waals surface area contributed by atoms with Crippen LogP contribution in [-0.4, -0.2) is 42.7 Å². The Labute approximate surface area is 131 Å². The highest BCUT2D eigenvalue weighted by Gasteiger charge is 2.42. The fourth-order valence-electron chi connectivity index (χ4n) is 4.29. The van der Waals surface area contributed by atoms with Crippen molar-refractivity contribution in [3.63, 3.8) is 0 Å². The Balaban J connectivity index is 1.55. The molecule has 0 spiro atoms. The predicted octanol–water partition coefficient (Wildman–Crippen LogP) is 2.60. The molecular formula is C18H35N3. The number of nitrogens with zero attached hydrogens (tertiary/aromatic N) is 1. The van der Waals surface area contributed by atoms with E-state index in [2.05, 4.69) is 24.1 Å². The summed E-state index contributed by atoms with van der Waals surface area (Å²) in [5.74, 6) is 3.04. The highest BCUT2D eigenvalue weighted by atomic mass is 15.2. The first kappa shape index (κ1) is 15.8. The van der Waals surface area contributed by atoms with Crippen LogP contribution in [0.4, 0.5) is 0 Å². The van der Waals surface area contributed by atoms with Crippen molar-refractivity contribution in [2.75, 3.05) is 26.2 Å². The summed E-state index contributed by atoms with van der Waals surface area (Å²) in [7, 11) is 0. The van der Waals surface area contributed by atoms with Crippen molar-refractivity contribution in [3.05, 3.63) is 0 Å². The molecule has 1 aliphatic heterocycles. The molecule has 0 aromatic rings. The smallest absolute Gasteiger partial charge is 0.0316 e. The Hall–Kier alpha value is -0.120. The Morgan fingerprint density at radius 2 is 1.76 bits per heavy atom. The van der Waals surface area contributed by atoms with E-state index in [1.807, 2.05) is 0 Å². The van der Waals surface area contributed by atoms with Crippen LogP contribution in [0.3, 0.4) is 0 Å². The van der Waals surface area contributed by atoms with Gasteiger partial charge in [0.15, 0.2) is 0 Å². The second kappa shape index (κ2) is 6.55. The molecule has 21 heavy (non-hydrogen) atoms. The van der Waals surface area contributed by atoms with Gasteiger partial charge >= 0.3 is 0 Å². The quantitative estimate of drug-likeness (QED) is 0.758. The van der Waals surface area contributed by atoms with E-state index in [1.165, 1.54) is 64.6 Å². The molecule has 122 valence electrons. The van der Waals surface area contributed by atoms with Crippen LogP contribution in [0.5, 0.6) is 0 Å². The zero-order valence-electron chi connectivity index (χ0n) is 14.1. The van der Waals surface area contributed by atoms with Crippen LogP contribution in [0.1, 0.15) is 58.8 Å². The monoisotopic (exact) mass is 293 g/mol. The second-order valence-corrected chi connectivity index (χ2v) is 8.19. The molecule has 3 aliphatic rings. The van der Waals surface area contributed by atoms with Crippen LogP contribution >= 0.6 is 0 Å². The minimum atomic E-state index is 0.214. The lowest BCUT2D eigenvalue weighted by Crippen LogP contribution is -2.53. The number of likely N-dealkylation sites (tertiary alicyclic amines) is 1. The van der Waals surface area contributed by atoms with E-state index >= 15 is 0 Å². The zero-order chi connectivity index (χ0) is 14.9. The van der Waals surface area contributed by atoms with E-state index in [0.717, 1.165) is 24.3 Å². The standard InChI is InChI=1S/C18H35N3/c1-14(2)21-10-3-8-18(13-19,9-11-21)20-12-17(15-4-5-15)16-6-7-16/h14-17,20H,3-13,19H2,1-2H3. The largest absolute Gasteiger partial charge is 0.329 e. The third-order valence-electron chi connectivity index (χ3n) is 6.27. The van der Waals surface area contributed by atoms with E-state index in [4.69, 9.17) is 5.73 Å². The van der Waals surface area contributed by atoms with Crippen LogP contribution in [-0.2, 0) is 0 Å². The molecule has 0 aromatic carbocycles. The predicted molar refractivity (Wildman–Crippen MR) is 89.3 cm³/mol. The molecule has 0 radical (unpaired) electrons. The van der Waals surface area contributed by atoms with Crippen LogP contribution in [0, 0.1) is 17.8 Å². The molecule has 1 saturated heterocycles. The lowest BCUT2D eigenvalue weighted by Gasteiger charge is -2.35. The summed E-state index contributed by atoms with van der Waals surface area (Å²) < 4.78 is 0. The molecule has 3 rings (SSSR count). The van der Waals surface area contributed by atoms with Crippen molar-refractivity contribution in [3.8, 4) is 0 Å². The van der Waals surface area contributed by atoms with Gasteiger partial charge in [0.1, 0.15) is 0 Å². The first-order valence-electron chi connectivity index (χ1n) is 9.33. The lowest BCUT2D eigenvalue weighted by atomic mass is 9.88. The molecule has 2 aliphatic carbocycles. The van der Waals surface area contributed by atoms with Gasteiger partial charge in [-0.05, 0) is 89.6 Å². The minimum absolute atomic E-state index is 0.214. The molecular weight excluding hydrogens is 258 g/mol. The SMILES string of the molecule is CC(C)N1CCCC(CN)(NCC(C2CC2)C2CC2)CC1. The van der Waals surface area contributed by atoms with E-state index in [-0.39, 0.29) is 5.54 Å². The van der Waals surface area contributed by atoms with Gasteiger partial charge in [-0.25, -0.2) is 0 Å². The molecule has 0 amide bonds. The maximum absolute atomic E-state index is 6.22. The molecule has 1 heterocycles. The van der Waals surface area contributed by atoms with Gasteiger partial charge in [-0.3, -0.25) is 0 Å². The van der Waals surface area contributed by atoms with Crippen molar-refractivity contribution in [2.45, 2.75) is 70.4 Å². The second-order valence-electron chi connectivity index (χ2n) is 8.19. The van der Waals surface area contributed by atoms with Gasteiger partial charge in [0, 0.05) is 24.7 Å². The highest BCUT2D eigenvalue weighted by molar-refractivity contribution is 4.97. The highest BCUT2D eigenvalue weighted by Crippen LogP contribution is 2.49. The molecule has 0 bridgehead atoms. The third-order valence-corrected chi connectivity index (χ3v) is 6.27. The van der Waals surface area contributed by atoms with Gasteiger partial charge in [0.2, 0.25) is 0 Å². The van der Waals surface area contributed by atoms with Gasteiger partial charge in [-0.1, -0.05) is 0 Å². The number of nitrogens with one attached hydrogen (secondary N) is 1. The summed E-state index contributed by atoms with van der Waals surface area (Å²) in [5, 5.41) is 3.98. The molecule has 3 N–H and O–H groups in total. The van der Waals surface area contributed by atoms with Gasteiger partial charge in [-0.15, -0.1) is 0 Å². The zero-order valence-corrected chi connectivity index (χ0v) is 14.1. The van der Waals surface area contributed by atoms with Crippen LogP contribution in [0.2, 0.25) is 0 Å². The van der Waals surface area contributed by atoms with E-state index < -0.39 is 0 Å². The Bertz CT molecular complexity index is 323. The molecule has 3 fully saturated rings. The Kier molecular flexibility index (Phi) is 4.92. The summed E-state index contributed by atoms with van der Waals surface area (Å²) in [6.45, 7) is 9.13. The van der Waals surface area contributed by atoms with Crippen LogP contribution in [0.25, 0.3) is 0 Å². The number of rotatable bonds is 7. The Morgan fingerprint density at radius 3 is 2.29 bits per heavy atom. The van der Waals surface area contributed by atoms with E-state index in [0.29, 0.717) is 6.04 Å². The Morgan fingerprint density at radius 1 is 1.10 bits per heavy atom. The van der Waals surface area contributed by atoms with Crippen molar-refractivity contribution in [1.29, 1.82) is 0 Å². The summed E-state index contributed by atoms with van der Waals surface area (Å²) >= 11 is 0. The minimum Gasteiger partial charge on any atom is -0.329 e. The number of nitrogens with two attached hydrogens (primary N) is 1. The van der Waals surface area contributed by atoms with Gasteiger partial charge in [0.25, 0.3) is 0 Å². The maximum atomic E-state index is 6.22. The molecule has 2 saturated carbocycles. The normalized spacial score (nSPS) is 31.9. The molecule has 1 unspecified atom stereocenters. The van der Waals surface area contributed by atoms with Gasteiger partial charge in [0.05, 0.1) is 0 Å². The average molecular weight is 293 g/mol. The maximum Gasteiger partial charge on any atom is 0.0316 e. The van der Waals surface area contributed by atoms with Crippen molar-refractivity contribution in [1.82, 2.24) is 10.2 Å². The van der Waals surface area contributed by atoms with E-state index in [1.54, 1.807) is 0 Å². The van der Waals surface area contributed by atoms with E-state index in [9.17, 15) is 0 Å². The molecule has 0 aromatic heterocycles. The fraction of sp³-hybridized carbons (Fsp3) is 1.00. The number of hydrogen-bond donors (Lipinski definition) is 2. The summed E-state index contributed by atoms with van der Waals surface area (Å²) in [6, 6.07) is 0.671. The molecule has 3 heteroatoms.